The SMILES string of the molecule is C=C1OC(=O)C(CCCCCCC=CC#CCC=CCCC)=C1O. The fourth-order valence-corrected chi connectivity index (χ4v) is 2.31. The topological polar surface area (TPSA) is 46.5 Å². The van der Waals surface area contributed by atoms with Gasteiger partial charge in [0.05, 0.1) is 5.57 Å². The molecule has 0 bridgehead atoms. The van der Waals surface area contributed by atoms with Crippen molar-refractivity contribution in [3.8, 4) is 11.8 Å². The minimum Gasteiger partial charge on any atom is -0.504 e. The van der Waals surface area contributed by atoms with Crippen molar-refractivity contribution >= 4 is 5.97 Å². The monoisotopic (exact) mass is 328 g/mol. The Balaban J connectivity index is 2.03. The first-order chi connectivity index (χ1) is 11.7. The molecule has 1 heterocycles. The average Bonchev–Trinajstić information content (AvgIpc) is 2.81. The Bertz CT molecular complexity index is 568. The standard InChI is InChI=1S/C21H28O3/c1-3-4-5-6-7-8-9-10-11-12-13-14-15-16-17-19-20(22)18(2)24-21(19)23/h5-6,10-11,22H,2-4,7,12-17H2,1H3. The molecule has 0 fully saturated rings. The Morgan fingerprint density at radius 3 is 2.62 bits per heavy atom. The normalized spacial score (nSPS) is 14.5. The van der Waals surface area contributed by atoms with Gasteiger partial charge in [-0.15, -0.1) is 0 Å². The van der Waals surface area contributed by atoms with Gasteiger partial charge in [0.1, 0.15) is 0 Å². The number of hydrogen-bond donors (Lipinski definition) is 1. The maximum Gasteiger partial charge on any atom is 0.343 e. The second-order valence-corrected chi connectivity index (χ2v) is 5.78. The molecule has 0 aromatic heterocycles. The number of rotatable bonds is 10. The quantitative estimate of drug-likeness (QED) is 0.249. The van der Waals surface area contributed by atoms with Gasteiger partial charge in [0.15, 0.2) is 11.5 Å². The van der Waals surface area contributed by atoms with E-state index in [1.165, 1.54) is 6.42 Å². The fourth-order valence-electron chi connectivity index (χ4n) is 2.31. The molecule has 0 atom stereocenters. The highest BCUT2D eigenvalue weighted by Crippen LogP contribution is 2.26. The van der Waals surface area contributed by atoms with Crippen molar-refractivity contribution in [3.63, 3.8) is 0 Å². The lowest BCUT2D eigenvalue weighted by Crippen LogP contribution is -1.99. The molecule has 130 valence electrons. The molecule has 1 aliphatic rings. The van der Waals surface area contributed by atoms with E-state index < -0.39 is 5.97 Å². The number of allylic oxidation sites excluding steroid dienone is 4. The first-order valence-corrected chi connectivity index (χ1v) is 8.78. The van der Waals surface area contributed by atoms with E-state index in [2.05, 4.69) is 43.6 Å². The van der Waals surface area contributed by atoms with Crippen LogP contribution in [-0.2, 0) is 9.53 Å². The lowest BCUT2D eigenvalue weighted by molar-refractivity contribution is -0.133. The molecule has 0 aromatic carbocycles. The van der Waals surface area contributed by atoms with Crippen LogP contribution in [-0.4, -0.2) is 11.1 Å². The van der Waals surface area contributed by atoms with Crippen molar-refractivity contribution in [2.45, 2.75) is 64.7 Å². The van der Waals surface area contributed by atoms with Crippen molar-refractivity contribution in [1.82, 2.24) is 0 Å². The highest BCUT2D eigenvalue weighted by Gasteiger charge is 2.27. The third-order valence-corrected chi connectivity index (χ3v) is 3.70. The van der Waals surface area contributed by atoms with Crippen LogP contribution in [0.1, 0.15) is 64.7 Å². The number of unbranched alkanes of at least 4 members (excludes halogenated alkanes) is 5. The molecular weight excluding hydrogens is 300 g/mol. The zero-order chi connectivity index (χ0) is 17.6. The van der Waals surface area contributed by atoms with Crippen LogP contribution in [0.15, 0.2) is 48.0 Å². The Morgan fingerprint density at radius 2 is 1.92 bits per heavy atom. The molecule has 0 unspecified atom stereocenters. The molecule has 0 aromatic rings. The van der Waals surface area contributed by atoms with Crippen molar-refractivity contribution in [1.29, 1.82) is 0 Å². The summed E-state index contributed by atoms with van der Waals surface area (Å²) in [5.74, 6) is 5.67. The van der Waals surface area contributed by atoms with Crippen molar-refractivity contribution < 1.29 is 14.6 Å². The molecule has 0 amide bonds. The zero-order valence-electron chi connectivity index (χ0n) is 14.6. The van der Waals surface area contributed by atoms with E-state index in [4.69, 9.17) is 4.74 Å². The van der Waals surface area contributed by atoms with Gasteiger partial charge in [0.25, 0.3) is 0 Å². The number of esters is 1. The molecule has 24 heavy (non-hydrogen) atoms. The molecule has 0 saturated carbocycles. The van der Waals surface area contributed by atoms with E-state index >= 15 is 0 Å². The number of carbonyl (C=O) groups is 1. The predicted octanol–water partition coefficient (Wildman–Crippen LogP) is 5.52. The summed E-state index contributed by atoms with van der Waals surface area (Å²) in [6, 6.07) is 0. The average molecular weight is 328 g/mol. The van der Waals surface area contributed by atoms with Crippen molar-refractivity contribution in [3.05, 3.63) is 48.0 Å². The smallest absolute Gasteiger partial charge is 0.343 e. The van der Waals surface area contributed by atoms with Crippen molar-refractivity contribution in [2.75, 3.05) is 0 Å². The van der Waals surface area contributed by atoms with E-state index in [9.17, 15) is 9.90 Å². The van der Waals surface area contributed by atoms with Crippen LogP contribution in [0.4, 0.5) is 0 Å². The van der Waals surface area contributed by atoms with Gasteiger partial charge >= 0.3 is 5.97 Å². The Hall–Kier alpha value is -2.21. The van der Waals surface area contributed by atoms with Gasteiger partial charge in [-0.05, 0) is 38.2 Å². The molecule has 0 radical (unpaired) electrons. The lowest BCUT2D eigenvalue weighted by Gasteiger charge is -2.00. The second-order valence-electron chi connectivity index (χ2n) is 5.78. The Morgan fingerprint density at radius 1 is 1.12 bits per heavy atom. The second kappa shape index (κ2) is 12.2. The first kappa shape index (κ1) is 19.8. The molecule has 0 spiro atoms. The number of cyclic esters (lactones) is 1. The number of carbonyl (C=O) groups excluding carboxylic acids is 1. The summed E-state index contributed by atoms with van der Waals surface area (Å²) in [6.45, 7) is 5.65. The summed E-state index contributed by atoms with van der Waals surface area (Å²) in [6.07, 6.45) is 17.1. The molecule has 3 heteroatoms. The minimum atomic E-state index is -0.455. The first-order valence-electron chi connectivity index (χ1n) is 8.78. The van der Waals surface area contributed by atoms with E-state index in [0.717, 1.165) is 44.9 Å². The largest absolute Gasteiger partial charge is 0.504 e. The number of aliphatic hydroxyl groups excluding tert-OH is 1. The summed E-state index contributed by atoms with van der Waals surface area (Å²) in [4.78, 5) is 11.4. The summed E-state index contributed by atoms with van der Waals surface area (Å²) < 4.78 is 4.77. The van der Waals surface area contributed by atoms with Crippen LogP contribution in [0.2, 0.25) is 0 Å². The van der Waals surface area contributed by atoms with Gasteiger partial charge in [0, 0.05) is 6.42 Å². The molecular formula is C21H28O3. The van der Waals surface area contributed by atoms with Gasteiger partial charge in [-0.2, -0.15) is 0 Å². The molecule has 1 rings (SSSR count). The van der Waals surface area contributed by atoms with E-state index in [-0.39, 0.29) is 11.5 Å². The van der Waals surface area contributed by atoms with Crippen molar-refractivity contribution in [2.24, 2.45) is 0 Å². The number of aliphatic hydroxyl groups is 1. The summed E-state index contributed by atoms with van der Waals surface area (Å²) in [5.41, 5.74) is 0.364. The number of ether oxygens (including phenoxy) is 1. The van der Waals surface area contributed by atoms with Gasteiger partial charge in [-0.25, -0.2) is 4.79 Å². The Kier molecular flexibility index (Phi) is 10.1. The molecule has 0 saturated heterocycles. The van der Waals surface area contributed by atoms with Crippen LogP contribution >= 0.6 is 0 Å². The van der Waals surface area contributed by atoms with Crippen LogP contribution in [0.3, 0.4) is 0 Å². The van der Waals surface area contributed by atoms with E-state index in [1.807, 2.05) is 6.08 Å². The van der Waals surface area contributed by atoms with Crippen LogP contribution in [0, 0.1) is 11.8 Å². The third-order valence-electron chi connectivity index (χ3n) is 3.70. The summed E-state index contributed by atoms with van der Waals surface area (Å²) >= 11 is 0. The summed E-state index contributed by atoms with van der Waals surface area (Å²) in [5, 5.41) is 9.64. The van der Waals surface area contributed by atoms with Crippen LogP contribution < -0.4 is 0 Å². The molecule has 1 aliphatic heterocycles. The van der Waals surface area contributed by atoms with Gasteiger partial charge in [0.2, 0.25) is 0 Å². The van der Waals surface area contributed by atoms with E-state index in [0.29, 0.717) is 12.0 Å². The minimum absolute atomic E-state index is 0.0714. The Labute approximate surface area is 145 Å². The van der Waals surface area contributed by atoms with Gasteiger partial charge < -0.3 is 9.84 Å². The van der Waals surface area contributed by atoms with E-state index in [1.54, 1.807) is 0 Å². The molecule has 0 aliphatic carbocycles. The molecule has 3 nitrogen and oxygen atoms in total. The predicted molar refractivity (Wildman–Crippen MR) is 98.2 cm³/mol. The zero-order valence-corrected chi connectivity index (χ0v) is 14.6. The summed E-state index contributed by atoms with van der Waals surface area (Å²) in [7, 11) is 0. The lowest BCUT2D eigenvalue weighted by atomic mass is 10.1. The van der Waals surface area contributed by atoms with Crippen LogP contribution in [0.5, 0.6) is 0 Å². The molecule has 1 N–H and O–H groups in total. The maximum atomic E-state index is 11.4. The number of hydrogen-bond acceptors (Lipinski definition) is 3. The van der Waals surface area contributed by atoms with Gasteiger partial charge in [-0.1, -0.05) is 62.8 Å². The third kappa shape index (κ3) is 7.87. The van der Waals surface area contributed by atoms with Crippen LogP contribution in [0.25, 0.3) is 0 Å². The van der Waals surface area contributed by atoms with Gasteiger partial charge in [-0.3, -0.25) is 0 Å². The highest BCUT2D eigenvalue weighted by molar-refractivity contribution is 5.93. The fraction of sp³-hybridized carbons (Fsp3) is 0.476. The maximum absolute atomic E-state index is 11.4. The highest BCUT2D eigenvalue weighted by atomic mass is 16.6.